The Morgan fingerprint density at radius 2 is 1.92 bits per heavy atom. The van der Waals surface area contributed by atoms with Crippen molar-refractivity contribution in [2.75, 3.05) is 0 Å². The van der Waals surface area contributed by atoms with Gasteiger partial charge >= 0.3 is 0 Å². The molecule has 0 radical (unpaired) electrons. The molecular formula is C19H14ClN3OS. The predicted molar refractivity (Wildman–Crippen MR) is 102 cm³/mol. The van der Waals surface area contributed by atoms with Crippen LogP contribution in [0.4, 0.5) is 0 Å². The first-order valence-electron chi connectivity index (χ1n) is 7.91. The van der Waals surface area contributed by atoms with Crippen molar-refractivity contribution in [2.24, 2.45) is 0 Å². The van der Waals surface area contributed by atoms with Gasteiger partial charge in [-0.05, 0) is 35.8 Å². The number of hydrogen-bond acceptors (Lipinski definition) is 4. The number of aromatic nitrogens is 3. The molecule has 4 aromatic rings. The maximum absolute atomic E-state index is 12.6. The number of benzene rings is 2. The lowest BCUT2D eigenvalue weighted by Gasteiger charge is -1.97. The lowest BCUT2D eigenvalue weighted by molar-refractivity contribution is 0.937. The van der Waals surface area contributed by atoms with Crippen LogP contribution in [-0.4, -0.2) is 14.6 Å². The minimum absolute atomic E-state index is 0.162. The molecule has 2 aromatic heterocycles. The molecule has 6 heteroatoms. The molecule has 0 saturated carbocycles. The third-order valence-electron chi connectivity index (χ3n) is 3.98. The summed E-state index contributed by atoms with van der Waals surface area (Å²) >= 11 is 7.51. The van der Waals surface area contributed by atoms with Gasteiger partial charge in [-0.1, -0.05) is 66.3 Å². The molecule has 0 unspecified atom stereocenters. The largest absolute Gasteiger partial charge is 0.291 e. The van der Waals surface area contributed by atoms with Gasteiger partial charge in [0.1, 0.15) is 0 Å². The van der Waals surface area contributed by atoms with E-state index in [2.05, 4.69) is 29.1 Å². The van der Waals surface area contributed by atoms with E-state index in [4.69, 9.17) is 11.6 Å². The first kappa shape index (κ1) is 16.0. The molecule has 0 saturated heterocycles. The monoisotopic (exact) mass is 367 g/mol. The molecule has 4 rings (SSSR count). The summed E-state index contributed by atoms with van der Waals surface area (Å²) in [5.74, 6) is 0.466. The Morgan fingerprint density at radius 1 is 1.16 bits per heavy atom. The molecule has 0 atom stereocenters. The lowest BCUT2D eigenvalue weighted by Crippen LogP contribution is -2.23. The summed E-state index contributed by atoms with van der Waals surface area (Å²) in [6.07, 6.45) is 2.87. The summed E-state index contributed by atoms with van der Waals surface area (Å²) in [7, 11) is 0. The summed E-state index contributed by atoms with van der Waals surface area (Å²) in [4.78, 5) is 17.6. The summed E-state index contributed by atoms with van der Waals surface area (Å²) in [5.41, 5.74) is 2.82. The standard InChI is InChI=1S/C19H14ClN3OS/c1-2-12-7-9-13(10-8-12)11-16-18(24)23-19(25-16)21-17(22-23)14-5-3-4-6-15(14)20/h3-11H,2H2,1H3/b16-11-. The third-order valence-corrected chi connectivity index (χ3v) is 5.27. The van der Waals surface area contributed by atoms with E-state index in [1.54, 1.807) is 6.07 Å². The van der Waals surface area contributed by atoms with Crippen molar-refractivity contribution in [3.05, 3.63) is 79.6 Å². The van der Waals surface area contributed by atoms with Crippen LogP contribution in [-0.2, 0) is 6.42 Å². The molecule has 2 aromatic carbocycles. The molecule has 0 aliphatic carbocycles. The van der Waals surface area contributed by atoms with Crippen molar-refractivity contribution in [2.45, 2.75) is 13.3 Å². The van der Waals surface area contributed by atoms with Gasteiger partial charge in [-0.25, -0.2) is 0 Å². The van der Waals surface area contributed by atoms with E-state index in [9.17, 15) is 4.79 Å². The van der Waals surface area contributed by atoms with Gasteiger partial charge in [0.2, 0.25) is 4.96 Å². The van der Waals surface area contributed by atoms with Crippen molar-refractivity contribution in [1.82, 2.24) is 14.6 Å². The van der Waals surface area contributed by atoms with Crippen LogP contribution in [0, 0.1) is 0 Å². The van der Waals surface area contributed by atoms with Crippen LogP contribution in [0.5, 0.6) is 0 Å². The first-order valence-corrected chi connectivity index (χ1v) is 9.10. The number of thiazole rings is 1. The smallest absolute Gasteiger partial charge is 0.266 e. The summed E-state index contributed by atoms with van der Waals surface area (Å²) < 4.78 is 1.96. The zero-order chi connectivity index (χ0) is 17.4. The van der Waals surface area contributed by atoms with Crippen molar-refractivity contribution in [3.8, 4) is 11.4 Å². The minimum atomic E-state index is -0.162. The highest BCUT2D eigenvalue weighted by atomic mass is 35.5. The highest BCUT2D eigenvalue weighted by Crippen LogP contribution is 2.25. The fourth-order valence-electron chi connectivity index (χ4n) is 2.59. The van der Waals surface area contributed by atoms with E-state index < -0.39 is 0 Å². The quantitative estimate of drug-likeness (QED) is 0.556. The van der Waals surface area contributed by atoms with Gasteiger partial charge < -0.3 is 0 Å². The zero-order valence-electron chi connectivity index (χ0n) is 13.4. The molecule has 2 heterocycles. The number of rotatable bonds is 3. The van der Waals surface area contributed by atoms with E-state index in [0.717, 1.165) is 17.5 Å². The van der Waals surface area contributed by atoms with Gasteiger partial charge in [0.05, 0.1) is 9.55 Å². The van der Waals surface area contributed by atoms with Gasteiger partial charge in [-0.2, -0.15) is 9.50 Å². The highest BCUT2D eigenvalue weighted by Gasteiger charge is 2.13. The Labute approximate surface area is 153 Å². The van der Waals surface area contributed by atoms with Crippen LogP contribution >= 0.6 is 22.9 Å². The van der Waals surface area contributed by atoms with Gasteiger partial charge in [0.25, 0.3) is 5.56 Å². The average molecular weight is 368 g/mol. The summed E-state index contributed by atoms with van der Waals surface area (Å²) in [6.45, 7) is 2.12. The fraction of sp³-hybridized carbons (Fsp3) is 0.105. The number of nitrogens with zero attached hydrogens (tertiary/aromatic N) is 3. The van der Waals surface area contributed by atoms with Crippen molar-refractivity contribution in [1.29, 1.82) is 0 Å². The molecule has 4 nitrogen and oxygen atoms in total. The van der Waals surface area contributed by atoms with E-state index in [1.807, 2.05) is 36.4 Å². The molecule has 0 amide bonds. The second kappa shape index (κ2) is 6.43. The topological polar surface area (TPSA) is 47.3 Å². The van der Waals surface area contributed by atoms with Crippen molar-refractivity contribution < 1.29 is 0 Å². The average Bonchev–Trinajstić information content (AvgIpc) is 3.16. The Morgan fingerprint density at radius 3 is 2.60 bits per heavy atom. The number of halogens is 1. The molecule has 0 aliphatic heterocycles. The van der Waals surface area contributed by atoms with E-state index >= 15 is 0 Å². The predicted octanol–water partition coefficient (Wildman–Crippen LogP) is 3.58. The molecule has 0 fully saturated rings. The van der Waals surface area contributed by atoms with Crippen LogP contribution in [0.25, 0.3) is 22.4 Å². The third kappa shape index (κ3) is 2.97. The number of hydrogen-bond donors (Lipinski definition) is 0. The van der Waals surface area contributed by atoms with E-state index in [1.165, 1.54) is 21.4 Å². The molecule has 0 spiro atoms. The molecule has 124 valence electrons. The molecule has 0 aliphatic rings. The normalized spacial score (nSPS) is 12.2. The Hall–Kier alpha value is -2.50. The lowest BCUT2D eigenvalue weighted by atomic mass is 10.1. The van der Waals surface area contributed by atoms with Crippen LogP contribution < -0.4 is 10.1 Å². The molecular weight excluding hydrogens is 354 g/mol. The second-order valence-corrected chi connectivity index (χ2v) is 7.04. The van der Waals surface area contributed by atoms with Gasteiger partial charge in [-0.3, -0.25) is 4.79 Å². The van der Waals surface area contributed by atoms with Crippen LogP contribution in [0.3, 0.4) is 0 Å². The Balaban J connectivity index is 1.79. The maximum Gasteiger partial charge on any atom is 0.291 e. The molecule has 0 N–H and O–H groups in total. The zero-order valence-corrected chi connectivity index (χ0v) is 15.0. The van der Waals surface area contributed by atoms with Gasteiger partial charge in [-0.15, -0.1) is 5.10 Å². The van der Waals surface area contributed by atoms with E-state index in [-0.39, 0.29) is 5.56 Å². The number of aryl methyl sites for hydroxylation is 1. The fourth-order valence-corrected chi connectivity index (χ4v) is 3.72. The van der Waals surface area contributed by atoms with Gasteiger partial charge in [0.15, 0.2) is 5.82 Å². The maximum atomic E-state index is 12.6. The molecule has 0 bridgehead atoms. The molecule has 25 heavy (non-hydrogen) atoms. The first-order chi connectivity index (χ1) is 12.2. The van der Waals surface area contributed by atoms with Crippen LogP contribution in [0.15, 0.2) is 53.3 Å². The SMILES string of the molecule is CCc1ccc(/C=c2\sc3nc(-c4ccccc4Cl)nn3c2=O)cc1. The Bertz CT molecular complexity index is 1160. The highest BCUT2D eigenvalue weighted by molar-refractivity contribution is 7.15. The second-order valence-electron chi connectivity index (χ2n) is 5.62. The Kier molecular flexibility index (Phi) is 4.11. The van der Waals surface area contributed by atoms with E-state index in [0.29, 0.717) is 20.3 Å². The van der Waals surface area contributed by atoms with Gasteiger partial charge in [0, 0.05) is 5.56 Å². The van der Waals surface area contributed by atoms with Crippen molar-refractivity contribution in [3.63, 3.8) is 0 Å². The van der Waals surface area contributed by atoms with Crippen LogP contribution in [0.1, 0.15) is 18.1 Å². The van der Waals surface area contributed by atoms with Crippen LogP contribution in [0.2, 0.25) is 5.02 Å². The minimum Gasteiger partial charge on any atom is -0.266 e. The van der Waals surface area contributed by atoms with Crippen molar-refractivity contribution >= 4 is 34.0 Å². The summed E-state index contributed by atoms with van der Waals surface area (Å²) in [6, 6.07) is 15.5. The summed E-state index contributed by atoms with van der Waals surface area (Å²) in [5, 5.41) is 4.90. The number of fused-ring (bicyclic) bond motifs is 1.